The first-order valence-corrected chi connectivity index (χ1v) is 7.68. The van der Waals surface area contributed by atoms with Crippen molar-refractivity contribution < 1.29 is 8.78 Å². The Bertz CT molecular complexity index is 526. The molecule has 0 fully saturated rings. The van der Waals surface area contributed by atoms with Crippen LogP contribution in [0, 0.1) is 0 Å². The molecule has 0 spiro atoms. The number of aryl methyl sites for hydroxylation is 1. The van der Waals surface area contributed by atoms with Crippen molar-refractivity contribution in [2.45, 2.75) is 45.5 Å². The third-order valence-corrected chi connectivity index (χ3v) is 3.77. The number of benzene rings is 2. The lowest BCUT2D eigenvalue weighted by atomic mass is 10.0. The SMILES string of the molecule is CCCCCCc1ccc(-c2ccc(C(F)F)cc2)cc1. The third-order valence-electron chi connectivity index (χ3n) is 3.77. The Morgan fingerprint density at radius 2 is 1.33 bits per heavy atom. The highest BCUT2D eigenvalue weighted by atomic mass is 19.3. The molecule has 0 aliphatic rings. The molecule has 21 heavy (non-hydrogen) atoms. The molecule has 0 saturated heterocycles. The second-order valence-corrected chi connectivity index (χ2v) is 5.43. The molecule has 0 heterocycles. The fourth-order valence-electron chi connectivity index (χ4n) is 2.44. The molecule has 2 rings (SSSR count). The second kappa shape index (κ2) is 7.92. The Kier molecular flexibility index (Phi) is 5.91. The van der Waals surface area contributed by atoms with Gasteiger partial charge in [-0.1, -0.05) is 74.7 Å². The highest BCUT2D eigenvalue weighted by molar-refractivity contribution is 5.64. The monoisotopic (exact) mass is 288 g/mol. The lowest BCUT2D eigenvalue weighted by Crippen LogP contribution is -1.87. The van der Waals surface area contributed by atoms with Crippen molar-refractivity contribution in [1.82, 2.24) is 0 Å². The van der Waals surface area contributed by atoms with Gasteiger partial charge in [0, 0.05) is 5.56 Å². The summed E-state index contributed by atoms with van der Waals surface area (Å²) in [4.78, 5) is 0. The number of rotatable bonds is 7. The molecule has 0 saturated carbocycles. The van der Waals surface area contributed by atoms with Crippen LogP contribution < -0.4 is 0 Å². The molecule has 0 nitrogen and oxygen atoms in total. The van der Waals surface area contributed by atoms with Crippen LogP contribution in [0.2, 0.25) is 0 Å². The molecule has 0 amide bonds. The Morgan fingerprint density at radius 3 is 1.86 bits per heavy atom. The number of alkyl halides is 2. The van der Waals surface area contributed by atoms with E-state index in [1.807, 2.05) is 0 Å². The van der Waals surface area contributed by atoms with E-state index in [0.29, 0.717) is 0 Å². The molecule has 0 aliphatic carbocycles. The minimum absolute atomic E-state index is 0.0753. The molecule has 2 aromatic carbocycles. The molecule has 2 aromatic rings. The van der Waals surface area contributed by atoms with Crippen LogP contribution in [0.3, 0.4) is 0 Å². The molecular formula is C19H22F2. The van der Waals surface area contributed by atoms with Gasteiger partial charge in [0.15, 0.2) is 0 Å². The third kappa shape index (κ3) is 4.66. The number of hydrogen-bond donors (Lipinski definition) is 0. The van der Waals surface area contributed by atoms with E-state index in [0.717, 1.165) is 17.5 Å². The van der Waals surface area contributed by atoms with Crippen molar-refractivity contribution >= 4 is 0 Å². The summed E-state index contributed by atoms with van der Waals surface area (Å²) in [7, 11) is 0. The van der Waals surface area contributed by atoms with Gasteiger partial charge in [0.25, 0.3) is 6.43 Å². The Balaban J connectivity index is 1.98. The predicted octanol–water partition coefficient (Wildman–Crippen LogP) is 6.41. The molecule has 0 N–H and O–H groups in total. The molecule has 0 bridgehead atoms. The van der Waals surface area contributed by atoms with Gasteiger partial charge < -0.3 is 0 Å². The molecule has 0 radical (unpaired) electrons. The van der Waals surface area contributed by atoms with E-state index in [-0.39, 0.29) is 5.56 Å². The quantitative estimate of drug-likeness (QED) is 0.516. The van der Waals surface area contributed by atoms with Gasteiger partial charge in [0.05, 0.1) is 0 Å². The fraction of sp³-hybridized carbons (Fsp3) is 0.368. The van der Waals surface area contributed by atoms with Crippen molar-refractivity contribution in [3.05, 3.63) is 59.7 Å². The van der Waals surface area contributed by atoms with Gasteiger partial charge in [-0.3, -0.25) is 0 Å². The average Bonchev–Trinajstić information content (AvgIpc) is 2.52. The highest BCUT2D eigenvalue weighted by Crippen LogP contribution is 2.24. The van der Waals surface area contributed by atoms with Gasteiger partial charge in [-0.25, -0.2) is 8.78 Å². The summed E-state index contributed by atoms with van der Waals surface area (Å²) in [6.07, 6.45) is 3.79. The summed E-state index contributed by atoms with van der Waals surface area (Å²) >= 11 is 0. The number of unbranched alkanes of at least 4 members (excludes halogenated alkanes) is 3. The van der Waals surface area contributed by atoms with E-state index in [1.165, 1.54) is 43.4 Å². The zero-order chi connectivity index (χ0) is 15.1. The van der Waals surface area contributed by atoms with Crippen LogP contribution >= 0.6 is 0 Å². The van der Waals surface area contributed by atoms with Gasteiger partial charge in [0.2, 0.25) is 0 Å². The van der Waals surface area contributed by atoms with Crippen LogP contribution in [0.4, 0.5) is 8.78 Å². The lowest BCUT2D eigenvalue weighted by Gasteiger charge is -2.06. The van der Waals surface area contributed by atoms with E-state index in [4.69, 9.17) is 0 Å². The van der Waals surface area contributed by atoms with Crippen molar-refractivity contribution in [2.24, 2.45) is 0 Å². The molecule has 112 valence electrons. The summed E-state index contributed by atoms with van der Waals surface area (Å²) in [5.41, 5.74) is 3.48. The Morgan fingerprint density at radius 1 is 0.762 bits per heavy atom. The standard InChI is InChI=1S/C19H22F2/c1-2-3-4-5-6-15-7-9-16(10-8-15)17-11-13-18(14-12-17)19(20)21/h7-14,19H,2-6H2,1H3. The van der Waals surface area contributed by atoms with Crippen molar-refractivity contribution in [3.63, 3.8) is 0 Å². The maximum Gasteiger partial charge on any atom is 0.263 e. The van der Waals surface area contributed by atoms with Gasteiger partial charge in [-0.05, 0) is 29.5 Å². The van der Waals surface area contributed by atoms with Gasteiger partial charge in [0.1, 0.15) is 0 Å². The van der Waals surface area contributed by atoms with E-state index < -0.39 is 6.43 Å². The molecule has 0 atom stereocenters. The fourth-order valence-corrected chi connectivity index (χ4v) is 2.44. The smallest absolute Gasteiger partial charge is 0.205 e. The average molecular weight is 288 g/mol. The zero-order valence-corrected chi connectivity index (χ0v) is 12.5. The summed E-state index contributed by atoms with van der Waals surface area (Å²) in [5.74, 6) is 0. The first-order chi connectivity index (χ1) is 10.2. The minimum atomic E-state index is -2.40. The van der Waals surface area contributed by atoms with Gasteiger partial charge >= 0.3 is 0 Å². The van der Waals surface area contributed by atoms with Crippen LogP contribution in [-0.4, -0.2) is 0 Å². The van der Waals surface area contributed by atoms with Crippen molar-refractivity contribution in [1.29, 1.82) is 0 Å². The van der Waals surface area contributed by atoms with Crippen molar-refractivity contribution in [2.75, 3.05) is 0 Å². The topological polar surface area (TPSA) is 0 Å². The van der Waals surface area contributed by atoms with Crippen LogP contribution in [0.1, 0.15) is 50.2 Å². The van der Waals surface area contributed by atoms with Crippen LogP contribution in [0.25, 0.3) is 11.1 Å². The summed E-state index contributed by atoms with van der Waals surface area (Å²) in [6, 6.07) is 15.0. The molecular weight excluding hydrogens is 266 g/mol. The highest BCUT2D eigenvalue weighted by Gasteiger charge is 2.06. The van der Waals surface area contributed by atoms with Gasteiger partial charge in [-0.2, -0.15) is 0 Å². The van der Waals surface area contributed by atoms with E-state index >= 15 is 0 Å². The summed E-state index contributed by atoms with van der Waals surface area (Å²) in [5, 5.41) is 0. The first kappa shape index (κ1) is 15.7. The molecule has 0 aromatic heterocycles. The van der Waals surface area contributed by atoms with Crippen LogP contribution in [0.15, 0.2) is 48.5 Å². The number of hydrogen-bond acceptors (Lipinski definition) is 0. The Hall–Kier alpha value is -1.70. The molecule has 2 heteroatoms. The Labute approximate surface area is 125 Å². The summed E-state index contributed by atoms with van der Waals surface area (Å²) < 4.78 is 25.1. The zero-order valence-electron chi connectivity index (χ0n) is 12.5. The summed E-state index contributed by atoms with van der Waals surface area (Å²) in [6.45, 7) is 2.22. The second-order valence-electron chi connectivity index (χ2n) is 5.43. The predicted molar refractivity (Wildman–Crippen MR) is 84.7 cm³/mol. The van der Waals surface area contributed by atoms with Crippen LogP contribution in [-0.2, 0) is 6.42 Å². The number of halogens is 2. The van der Waals surface area contributed by atoms with E-state index in [1.54, 1.807) is 12.1 Å². The molecule has 0 aliphatic heterocycles. The maximum absolute atomic E-state index is 12.5. The van der Waals surface area contributed by atoms with Gasteiger partial charge in [-0.15, -0.1) is 0 Å². The van der Waals surface area contributed by atoms with Crippen molar-refractivity contribution in [3.8, 4) is 11.1 Å². The first-order valence-electron chi connectivity index (χ1n) is 7.68. The maximum atomic E-state index is 12.5. The largest absolute Gasteiger partial charge is 0.263 e. The normalized spacial score (nSPS) is 11.0. The van der Waals surface area contributed by atoms with Crippen LogP contribution in [0.5, 0.6) is 0 Å². The van der Waals surface area contributed by atoms with E-state index in [2.05, 4.69) is 31.2 Å². The van der Waals surface area contributed by atoms with E-state index in [9.17, 15) is 8.78 Å². The minimum Gasteiger partial charge on any atom is -0.205 e. The molecule has 0 unspecified atom stereocenters. The lowest BCUT2D eigenvalue weighted by molar-refractivity contribution is 0.151.